The van der Waals surface area contributed by atoms with Crippen LogP contribution in [0.2, 0.25) is 5.02 Å². The maximum absolute atomic E-state index is 13.6. The normalized spacial score (nSPS) is 17.0. The number of hydrogen-bond donors (Lipinski definition) is 1. The Morgan fingerprint density at radius 2 is 1.88 bits per heavy atom. The molecule has 1 aliphatic heterocycles. The minimum atomic E-state index is -0.319. The molecule has 34 heavy (non-hydrogen) atoms. The Hall–Kier alpha value is -3.02. The van der Waals surface area contributed by atoms with Crippen molar-refractivity contribution < 1.29 is 4.79 Å². The van der Waals surface area contributed by atoms with Crippen LogP contribution < -0.4 is 16.2 Å². The second-order valence-corrected chi connectivity index (χ2v) is 8.29. The summed E-state index contributed by atoms with van der Waals surface area (Å²) >= 11 is 6.29. The largest absolute Gasteiger partial charge is 0.368 e. The molecule has 2 atom stereocenters. The van der Waals surface area contributed by atoms with Crippen molar-refractivity contribution in [2.75, 3.05) is 17.2 Å². The van der Waals surface area contributed by atoms with E-state index >= 15 is 0 Å². The van der Waals surface area contributed by atoms with Gasteiger partial charge in [-0.1, -0.05) is 36.7 Å². The molecule has 5 rings (SSSR count). The number of halogens is 1. The zero-order valence-corrected chi connectivity index (χ0v) is 21.2. The number of nitrogens with two attached hydrogens (primary N) is 1. The van der Waals surface area contributed by atoms with Crippen molar-refractivity contribution in [3.8, 4) is 5.69 Å². The number of nitrogen functional groups attached to an aromatic ring is 1. The van der Waals surface area contributed by atoms with Gasteiger partial charge in [-0.15, -0.1) is 0 Å². The van der Waals surface area contributed by atoms with Crippen molar-refractivity contribution in [3.05, 3.63) is 75.6 Å². The molecule has 0 radical (unpaired) electrons. The van der Waals surface area contributed by atoms with Gasteiger partial charge in [-0.25, -0.2) is 9.50 Å². The van der Waals surface area contributed by atoms with E-state index in [0.717, 1.165) is 0 Å². The molecular formula is C22H24ClN7O2S2. The second kappa shape index (κ2) is 9.69. The zero-order chi connectivity index (χ0) is 22.6. The summed E-state index contributed by atoms with van der Waals surface area (Å²) < 4.78 is 3.08. The number of aromatic nitrogens is 5. The lowest BCUT2D eigenvalue weighted by Crippen LogP contribution is -2.52. The predicted octanol–water partition coefficient (Wildman–Crippen LogP) is 3.14. The van der Waals surface area contributed by atoms with E-state index in [2.05, 4.69) is 16.9 Å². The molecule has 0 saturated carbocycles. The van der Waals surface area contributed by atoms with Gasteiger partial charge in [-0.2, -0.15) is 37.1 Å². The molecule has 1 saturated heterocycles. The predicted molar refractivity (Wildman–Crippen MR) is 142 cm³/mol. The number of rotatable bonds is 4. The summed E-state index contributed by atoms with van der Waals surface area (Å²) in [7, 11) is 0. The molecule has 4 heterocycles. The van der Waals surface area contributed by atoms with E-state index in [1.807, 2.05) is 35.2 Å². The van der Waals surface area contributed by atoms with Gasteiger partial charge in [0.15, 0.2) is 11.6 Å². The third kappa shape index (κ3) is 4.04. The average molecular weight is 518 g/mol. The Morgan fingerprint density at radius 3 is 2.53 bits per heavy atom. The lowest BCUT2D eigenvalue weighted by Gasteiger charge is -2.47. The third-order valence-electron chi connectivity index (χ3n) is 5.74. The minimum absolute atomic E-state index is 0. The van der Waals surface area contributed by atoms with Crippen LogP contribution in [0.1, 0.15) is 36.1 Å². The van der Waals surface area contributed by atoms with Crippen LogP contribution in [0.5, 0.6) is 0 Å². The van der Waals surface area contributed by atoms with Crippen LogP contribution >= 0.6 is 38.6 Å². The highest BCUT2D eigenvalue weighted by Crippen LogP contribution is 2.42. The molecule has 0 aliphatic carbocycles. The molecule has 0 unspecified atom stereocenters. The van der Waals surface area contributed by atoms with Crippen LogP contribution in [0, 0.1) is 5.92 Å². The highest BCUT2D eigenvalue weighted by Gasteiger charge is 2.43. The average Bonchev–Trinajstić information content (AvgIpc) is 3.13. The highest BCUT2D eigenvalue weighted by molar-refractivity contribution is 7.59. The van der Waals surface area contributed by atoms with Gasteiger partial charge in [0.05, 0.1) is 22.3 Å². The van der Waals surface area contributed by atoms with Gasteiger partial charge in [-0.3, -0.25) is 14.2 Å². The lowest BCUT2D eigenvalue weighted by molar-refractivity contribution is 0.101. The van der Waals surface area contributed by atoms with Gasteiger partial charge in [0, 0.05) is 24.9 Å². The number of ketones is 1. The van der Waals surface area contributed by atoms with Crippen LogP contribution in [0.4, 0.5) is 11.8 Å². The van der Waals surface area contributed by atoms with E-state index in [9.17, 15) is 9.59 Å². The summed E-state index contributed by atoms with van der Waals surface area (Å²) in [6.45, 7) is 4.15. The molecule has 3 aromatic heterocycles. The van der Waals surface area contributed by atoms with Crippen molar-refractivity contribution >= 4 is 61.7 Å². The summed E-state index contributed by atoms with van der Waals surface area (Å²) in [5.74, 6) is 0.999. The monoisotopic (exact) mass is 517 g/mol. The van der Waals surface area contributed by atoms with Crippen LogP contribution in [-0.2, 0) is 0 Å². The van der Waals surface area contributed by atoms with Gasteiger partial charge in [-0.05, 0) is 25.1 Å². The fourth-order valence-corrected chi connectivity index (χ4v) is 4.45. The Bertz CT molecular complexity index is 1420. The molecule has 12 heteroatoms. The van der Waals surface area contributed by atoms with Crippen molar-refractivity contribution in [2.45, 2.75) is 19.9 Å². The number of anilines is 2. The van der Waals surface area contributed by atoms with Crippen LogP contribution in [0.3, 0.4) is 0 Å². The molecule has 0 amide bonds. The number of benzene rings is 1. The van der Waals surface area contributed by atoms with Gasteiger partial charge < -0.3 is 10.6 Å². The number of Topliss-reactive ketones (excluding diaryl/α,β-unsaturated/α-hetero) is 1. The Balaban J connectivity index is 0.00000162. The van der Waals surface area contributed by atoms with E-state index < -0.39 is 0 Å². The molecule has 1 fully saturated rings. The number of carbonyl (C=O) groups is 1. The van der Waals surface area contributed by atoms with Crippen molar-refractivity contribution in [1.82, 2.24) is 24.1 Å². The van der Waals surface area contributed by atoms with Gasteiger partial charge in [0.2, 0.25) is 5.95 Å². The number of fused-ring (bicyclic) bond motifs is 1. The molecular weight excluding hydrogens is 494 g/mol. The number of hydrogen-bond acceptors (Lipinski definition) is 7. The van der Waals surface area contributed by atoms with Crippen LogP contribution in [0.15, 0.2) is 53.6 Å². The molecule has 178 valence electrons. The smallest absolute Gasteiger partial charge is 0.284 e. The first-order valence-corrected chi connectivity index (χ1v) is 10.5. The highest BCUT2D eigenvalue weighted by atomic mass is 35.5. The Kier molecular flexibility index (Phi) is 7.29. The van der Waals surface area contributed by atoms with Crippen LogP contribution in [-0.4, -0.2) is 36.5 Å². The third-order valence-corrected chi connectivity index (χ3v) is 6.04. The van der Waals surface area contributed by atoms with E-state index in [4.69, 9.17) is 22.4 Å². The van der Waals surface area contributed by atoms with Gasteiger partial charge in [0.1, 0.15) is 11.3 Å². The second-order valence-electron chi connectivity index (χ2n) is 7.89. The summed E-state index contributed by atoms with van der Waals surface area (Å²) in [4.78, 5) is 36.0. The van der Waals surface area contributed by atoms with Gasteiger partial charge >= 0.3 is 0 Å². The van der Waals surface area contributed by atoms with E-state index in [0.29, 0.717) is 40.0 Å². The van der Waals surface area contributed by atoms with Crippen molar-refractivity contribution in [1.29, 1.82) is 0 Å². The molecule has 9 nitrogen and oxygen atoms in total. The minimum Gasteiger partial charge on any atom is -0.368 e. The first kappa shape index (κ1) is 25.6. The Labute approximate surface area is 214 Å². The first-order chi connectivity index (χ1) is 15.4. The molecule has 1 aromatic carbocycles. The molecule has 4 aromatic rings. The summed E-state index contributed by atoms with van der Waals surface area (Å²) in [6, 6.07) is 10.6. The number of carbonyl (C=O) groups excluding carboxylic acids is 1. The van der Waals surface area contributed by atoms with E-state index in [1.165, 1.54) is 17.6 Å². The molecule has 1 aliphatic rings. The quantitative estimate of drug-likeness (QED) is 0.414. The molecule has 0 bridgehead atoms. The molecule has 0 spiro atoms. The standard InChI is InChI=1S/C22H20ClN7O2.2H2S/c1-12-11-28(19-15(13(2)31)10-25-22(24)26-19)17(12)20-27-29-9-8-16(23)18(29)21(32)30(20)14-6-4-3-5-7-14;;/h3-10,12,17H,11H2,1-2H3,(H2,24,25,26);2*1H2/t12-,17-;;/m0../s1. The fraction of sp³-hybridized carbons (Fsp3) is 0.227. The van der Waals surface area contributed by atoms with E-state index in [-0.39, 0.29) is 56.2 Å². The lowest BCUT2D eigenvalue weighted by atomic mass is 9.88. The zero-order valence-electron chi connectivity index (χ0n) is 18.4. The fourth-order valence-electron chi connectivity index (χ4n) is 4.22. The summed E-state index contributed by atoms with van der Waals surface area (Å²) in [5, 5.41) is 5.11. The number of para-hydroxylation sites is 1. The van der Waals surface area contributed by atoms with Crippen LogP contribution in [0.25, 0.3) is 11.2 Å². The van der Waals surface area contributed by atoms with Crippen molar-refractivity contribution in [2.24, 2.45) is 5.92 Å². The first-order valence-electron chi connectivity index (χ1n) is 10.1. The van der Waals surface area contributed by atoms with E-state index in [1.54, 1.807) is 16.8 Å². The summed E-state index contributed by atoms with van der Waals surface area (Å²) in [5.41, 5.74) is 6.91. The SMILES string of the molecule is CC(=O)c1cnc(N)nc1N1C[C@H](C)[C@H]1c1nn2ccc(Cl)c2c(=O)n1-c1ccccc1.S.S. The topological polar surface area (TPSA) is 111 Å². The maximum Gasteiger partial charge on any atom is 0.284 e. The molecule has 2 N–H and O–H groups in total. The maximum atomic E-state index is 13.6. The summed E-state index contributed by atoms with van der Waals surface area (Å²) in [6.07, 6.45) is 3.10. The van der Waals surface area contributed by atoms with Crippen molar-refractivity contribution in [3.63, 3.8) is 0 Å². The Morgan fingerprint density at radius 1 is 1.18 bits per heavy atom. The number of nitrogens with zero attached hydrogens (tertiary/aromatic N) is 6. The van der Waals surface area contributed by atoms with Gasteiger partial charge in [0.25, 0.3) is 5.56 Å².